The molecule has 1 heterocycles. The van der Waals surface area contributed by atoms with Crippen LogP contribution >= 0.6 is 0 Å². The van der Waals surface area contributed by atoms with Crippen LogP contribution < -0.4 is 4.74 Å². The highest BCUT2D eigenvalue weighted by atomic mass is 16.5. The van der Waals surface area contributed by atoms with Gasteiger partial charge in [0.25, 0.3) is 0 Å². The number of benzene rings is 4. The van der Waals surface area contributed by atoms with E-state index in [1.807, 2.05) is 18.2 Å². The lowest BCUT2D eigenvalue weighted by Gasteiger charge is -2.06. The minimum atomic E-state index is 0.869. The highest BCUT2D eigenvalue weighted by Crippen LogP contribution is 2.38. The smallest absolute Gasteiger partial charge is 0.143 e. The zero-order valence-corrected chi connectivity index (χ0v) is 12.7. The third kappa shape index (κ3) is 1.69. The van der Waals surface area contributed by atoms with E-state index >= 15 is 0 Å². The van der Waals surface area contributed by atoms with Gasteiger partial charge < -0.3 is 9.15 Å². The van der Waals surface area contributed by atoms with Crippen molar-refractivity contribution >= 4 is 43.5 Å². The summed E-state index contributed by atoms with van der Waals surface area (Å²) < 4.78 is 11.5. The topological polar surface area (TPSA) is 22.4 Å². The summed E-state index contributed by atoms with van der Waals surface area (Å²) in [6, 6.07) is 23.0. The zero-order valence-electron chi connectivity index (χ0n) is 12.7. The van der Waals surface area contributed by atoms with Crippen molar-refractivity contribution in [1.82, 2.24) is 0 Å². The number of methoxy groups -OCH3 is 1. The van der Waals surface area contributed by atoms with Crippen molar-refractivity contribution in [2.24, 2.45) is 0 Å². The Morgan fingerprint density at radius 3 is 2.43 bits per heavy atom. The van der Waals surface area contributed by atoms with E-state index in [-0.39, 0.29) is 0 Å². The maximum atomic E-state index is 6.20. The molecule has 0 amide bonds. The fourth-order valence-electron chi connectivity index (χ4n) is 3.43. The Kier molecular flexibility index (Phi) is 2.45. The second-order valence-electron chi connectivity index (χ2n) is 5.79. The van der Waals surface area contributed by atoms with Gasteiger partial charge in [-0.3, -0.25) is 0 Å². The van der Waals surface area contributed by atoms with Crippen LogP contribution in [0.4, 0.5) is 0 Å². The predicted octanol–water partition coefficient (Wildman–Crippen LogP) is 5.90. The van der Waals surface area contributed by atoms with E-state index < -0.39 is 0 Å². The molecule has 1 aromatic heterocycles. The molecule has 0 N–H and O–H groups in total. The molecule has 0 saturated carbocycles. The minimum absolute atomic E-state index is 0.869. The summed E-state index contributed by atoms with van der Waals surface area (Å²) >= 11 is 0. The van der Waals surface area contributed by atoms with Crippen LogP contribution in [0.25, 0.3) is 43.5 Å². The fraction of sp³-hybridized carbons (Fsp3) is 0.0476. The van der Waals surface area contributed by atoms with E-state index in [1.165, 1.54) is 16.2 Å². The second kappa shape index (κ2) is 4.50. The van der Waals surface area contributed by atoms with Crippen molar-refractivity contribution < 1.29 is 9.15 Å². The van der Waals surface area contributed by atoms with E-state index in [0.29, 0.717) is 0 Å². The SMILES string of the molecule is COc1ccc2c(ccc3ccc4c5ccccc5oc4c32)c1. The van der Waals surface area contributed by atoms with Gasteiger partial charge in [-0.1, -0.05) is 36.4 Å². The van der Waals surface area contributed by atoms with Gasteiger partial charge in [0.2, 0.25) is 0 Å². The number of para-hydroxylation sites is 1. The average molecular weight is 298 g/mol. The summed E-state index contributed by atoms with van der Waals surface area (Å²) in [4.78, 5) is 0. The average Bonchev–Trinajstić information content (AvgIpc) is 2.99. The molecule has 110 valence electrons. The molecule has 0 saturated heterocycles. The monoisotopic (exact) mass is 298 g/mol. The maximum absolute atomic E-state index is 6.20. The van der Waals surface area contributed by atoms with Gasteiger partial charge in [-0.15, -0.1) is 0 Å². The predicted molar refractivity (Wildman–Crippen MR) is 95.3 cm³/mol. The van der Waals surface area contributed by atoms with Crippen LogP contribution in [0.3, 0.4) is 0 Å². The Hall–Kier alpha value is -3.00. The standard InChI is InChI=1S/C21H14O2/c1-22-15-9-11-16-14(12-15)7-6-13-8-10-18-17-4-2-3-5-19(17)23-21(18)20(13)16/h2-12H,1H3. The molecule has 0 atom stereocenters. The van der Waals surface area contributed by atoms with E-state index in [2.05, 4.69) is 48.5 Å². The fourth-order valence-corrected chi connectivity index (χ4v) is 3.43. The molecule has 0 aliphatic rings. The third-order valence-corrected chi connectivity index (χ3v) is 4.55. The van der Waals surface area contributed by atoms with Gasteiger partial charge in [-0.2, -0.15) is 0 Å². The molecule has 0 spiro atoms. The molecule has 2 nitrogen and oxygen atoms in total. The van der Waals surface area contributed by atoms with Gasteiger partial charge in [0.1, 0.15) is 16.9 Å². The first kappa shape index (κ1) is 12.5. The lowest BCUT2D eigenvalue weighted by atomic mass is 9.99. The number of ether oxygens (including phenoxy) is 1. The molecule has 0 radical (unpaired) electrons. The lowest BCUT2D eigenvalue weighted by molar-refractivity contribution is 0.415. The summed E-state index contributed by atoms with van der Waals surface area (Å²) in [5.41, 5.74) is 1.89. The number of furan rings is 1. The molecule has 2 heteroatoms. The molecule has 0 unspecified atom stereocenters. The van der Waals surface area contributed by atoms with E-state index in [4.69, 9.17) is 9.15 Å². The van der Waals surface area contributed by atoms with Crippen LogP contribution in [0.2, 0.25) is 0 Å². The molecule has 4 aromatic carbocycles. The first-order valence-electron chi connectivity index (χ1n) is 7.66. The Labute approximate surface area is 132 Å². The van der Waals surface area contributed by atoms with E-state index in [9.17, 15) is 0 Å². The van der Waals surface area contributed by atoms with E-state index in [0.717, 1.165) is 33.1 Å². The summed E-state index contributed by atoms with van der Waals surface area (Å²) in [5, 5.41) is 7.03. The first-order valence-corrected chi connectivity index (χ1v) is 7.66. The summed E-state index contributed by atoms with van der Waals surface area (Å²) in [6.45, 7) is 0. The normalized spacial score (nSPS) is 11.7. The number of hydrogen-bond acceptors (Lipinski definition) is 2. The quantitative estimate of drug-likeness (QED) is 0.359. The van der Waals surface area contributed by atoms with Crippen LogP contribution in [-0.2, 0) is 0 Å². The largest absolute Gasteiger partial charge is 0.497 e. The molecule has 0 aliphatic heterocycles. The van der Waals surface area contributed by atoms with Crippen LogP contribution in [0, 0.1) is 0 Å². The highest BCUT2D eigenvalue weighted by Gasteiger charge is 2.12. The summed E-state index contributed by atoms with van der Waals surface area (Å²) in [5.74, 6) is 0.869. The molecular formula is C21H14O2. The van der Waals surface area contributed by atoms with Gasteiger partial charge in [0.15, 0.2) is 0 Å². The van der Waals surface area contributed by atoms with Crippen molar-refractivity contribution in [1.29, 1.82) is 0 Å². The molecule has 0 fully saturated rings. The Balaban J connectivity index is 2.03. The van der Waals surface area contributed by atoms with Gasteiger partial charge in [-0.25, -0.2) is 0 Å². The summed E-state index contributed by atoms with van der Waals surface area (Å²) in [7, 11) is 1.69. The van der Waals surface area contributed by atoms with Crippen molar-refractivity contribution in [3.8, 4) is 5.75 Å². The number of fused-ring (bicyclic) bond motifs is 7. The molecule has 0 aliphatic carbocycles. The van der Waals surface area contributed by atoms with Crippen molar-refractivity contribution in [2.45, 2.75) is 0 Å². The minimum Gasteiger partial charge on any atom is -0.497 e. The van der Waals surface area contributed by atoms with Crippen molar-refractivity contribution in [3.05, 3.63) is 66.7 Å². The molecule has 0 bridgehead atoms. The second-order valence-corrected chi connectivity index (χ2v) is 5.79. The van der Waals surface area contributed by atoms with Crippen LogP contribution in [-0.4, -0.2) is 7.11 Å². The van der Waals surface area contributed by atoms with Gasteiger partial charge in [0.05, 0.1) is 7.11 Å². The molecule has 5 aromatic rings. The number of rotatable bonds is 1. The molecule has 5 rings (SSSR count). The van der Waals surface area contributed by atoms with E-state index in [1.54, 1.807) is 7.11 Å². The maximum Gasteiger partial charge on any atom is 0.143 e. The molecule has 23 heavy (non-hydrogen) atoms. The number of hydrogen-bond donors (Lipinski definition) is 0. The molecular weight excluding hydrogens is 284 g/mol. The van der Waals surface area contributed by atoms with Gasteiger partial charge in [-0.05, 0) is 46.5 Å². The third-order valence-electron chi connectivity index (χ3n) is 4.55. The van der Waals surface area contributed by atoms with Crippen LogP contribution in [0.15, 0.2) is 71.1 Å². The van der Waals surface area contributed by atoms with Crippen molar-refractivity contribution in [2.75, 3.05) is 7.11 Å². The lowest BCUT2D eigenvalue weighted by Crippen LogP contribution is -1.83. The Morgan fingerprint density at radius 1 is 0.739 bits per heavy atom. The van der Waals surface area contributed by atoms with Crippen molar-refractivity contribution in [3.63, 3.8) is 0 Å². The Bertz CT molecular complexity index is 1200. The highest BCUT2D eigenvalue weighted by molar-refractivity contribution is 6.22. The van der Waals surface area contributed by atoms with Crippen LogP contribution in [0.1, 0.15) is 0 Å². The Morgan fingerprint density at radius 2 is 1.52 bits per heavy atom. The summed E-state index contributed by atoms with van der Waals surface area (Å²) in [6.07, 6.45) is 0. The van der Waals surface area contributed by atoms with Crippen LogP contribution in [0.5, 0.6) is 5.75 Å². The van der Waals surface area contributed by atoms with Gasteiger partial charge >= 0.3 is 0 Å². The first-order chi connectivity index (χ1) is 11.3. The van der Waals surface area contributed by atoms with Gasteiger partial charge in [0, 0.05) is 16.2 Å². The zero-order chi connectivity index (χ0) is 15.4.